The Labute approximate surface area is 71.6 Å². The first-order valence-electron chi connectivity index (χ1n) is 4.29. The van der Waals surface area contributed by atoms with Gasteiger partial charge in [-0.05, 0) is 12.8 Å². The summed E-state index contributed by atoms with van der Waals surface area (Å²) in [5.41, 5.74) is 0. The molecular formula is C8H15NO3. The summed E-state index contributed by atoms with van der Waals surface area (Å²) in [6.45, 7) is 1.77. The molecule has 1 rings (SSSR count). The summed E-state index contributed by atoms with van der Waals surface area (Å²) < 4.78 is 0. The highest BCUT2D eigenvalue weighted by Crippen LogP contribution is 2.19. The Bertz CT molecular complexity index is 162. The number of aliphatic hydroxyl groups excluding tert-OH is 2. The number of carbonyl (C=O) groups excluding carboxylic acids is 1. The van der Waals surface area contributed by atoms with Crippen LogP contribution in [0, 0.1) is 0 Å². The minimum Gasteiger partial charge on any atom is -0.390 e. The minimum absolute atomic E-state index is 0.0266. The molecule has 4 heteroatoms. The Morgan fingerprint density at radius 2 is 1.92 bits per heavy atom. The van der Waals surface area contributed by atoms with Crippen molar-refractivity contribution in [2.24, 2.45) is 0 Å². The van der Waals surface area contributed by atoms with Gasteiger partial charge in [-0.2, -0.15) is 0 Å². The van der Waals surface area contributed by atoms with E-state index in [1.807, 2.05) is 0 Å². The number of carbonyl (C=O) groups is 1. The monoisotopic (exact) mass is 173 g/mol. The van der Waals surface area contributed by atoms with Crippen molar-refractivity contribution < 1.29 is 15.0 Å². The molecule has 1 saturated carbocycles. The van der Waals surface area contributed by atoms with Gasteiger partial charge < -0.3 is 15.5 Å². The average molecular weight is 173 g/mol. The fraction of sp³-hybridized carbons (Fsp3) is 0.875. The number of rotatable bonds is 2. The van der Waals surface area contributed by atoms with Crippen molar-refractivity contribution >= 4 is 5.91 Å². The average Bonchev–Trinajstić information content (AvgIpc) is 2.31. The van der Waals surface area contributed by atoms with Crippen molar-refractivity contribution in [1.82, 2.24) is 5.32 Å². The molecular weight excluding hydrogens is 158 g/mol. The van der Waals surface area contributed by atoms with Crippen molar-refractivity contribution in [2.45, 2.75) is 44.4 Å². The van der Waals surface area contributed by atoms with Crippen molar-refractivity contribution in [3.8, 4) is 0 Å². The first kappa shape index (κ1) is 9.48. The molecule has 3 N–H and O–H groups in total. The highest BCUT2D eigenvalue weighted by atomic mass is 16.3. The molecule has 0 spiro atoms. The Morgan fingerprint density at radius 1 is 1.42 bits per heavy atom. The third-order valence-corrected chi connectivity index (χ3v) is 2.18. The molecule has 4 nitrogen and oxygen atoms in total. The zero-order chi connectivity index (χ0) is 9.14. The van der Waals surface area contributed by atoms with Gasteiger partial charge in [-0.3, -0.25) is 4.79 Å². The van der Waals surface area contributed by atoms with Crippen LogP contribution in [0.3, 0.4) is 0 Å². The summed E-state index contributed by atoms with van der Waals surface area (Å²) in [6.07, 6.45) is 0.0296. The lowest BCUT2D eigenvalue weighted by molar-refractivity contribution is -0.121. The molecule has 2 atom stereocenters. The van der Waals surface area contributed by atoms with Crippen LogP contribution >= 0.6 is 0 Å². The van der Waals surface area contributed by atoms with E-state index in [0.29, 0.717) is 19.3 Å². The van der Waals surface area contributed by atoms with Gasteiger partial charge >= 0.3 is 0 Å². The van der Waals surface area contributed by atoms with Crippen LogP contribution < -0.4 is 5.32 Å². The van der Waals surface area contributed by atoms with Gasteiger partial charge in [0, 0.05) is 12.5 Å². The molecule has 70 valence electrons. The van der Waals surface area contributed by atoms with Crippen LogP contribution in [-0.4, -0.2) is 34.4 Å². The maximum Gasteiger partial charge on any atom is 0.219 e. The molecule has 0 heterocycles. The minimum atomic E-state index is -0.674. The van der Waals surface area contributed by atoms with Crippen molar-refractivity contribution in [3.63, 3.8) is 0 Å². The summed E-state index contributed by atoms with van der Waals surface area (Å²) in [5, 5.41) is 21.0. The van der Waals surface area contributed by atoms with Gasteiger partial charge in [0.05, 0.1) is 12.2 Å². The summed E-state index contributed by atoms with van der Waals surface area (Å²) in [6, 6.07) is -0.0533. The largest absolute Gasteiger partial charge is 0.390 e. The Hall–Kier alpha value is -0.610. The van der Waals surface area contributed by atoms with E-state index in [-0.39, 0.29) is 11.9 Å². The van der Waals surface area contributed by atoms with Gasteiger partial charge in [0.25, 0.3) is 0 Å². The van der Waals surface area contributed by atoms with Crippen molar-refractivity contribution in [3.05, 3.63) is 0 Å². The lowest BCUT2D eigenvalue weighted by Gasteiger charge is -2.10. The lowest BCUT2D eigenvalue weighted by atomic mass is 10.2. The van der Waals surface area contributed by atoms with E-state index in [9.17, 15) is 4.79 Å². The van der Waals surface area contributed by atoms with Crippen LogP contribution in [0.4, 0.5) is 0 Å². The molecule has 12 heavy (non-hydrogen) atoms. The van der Waals surface area contributed by atoms with E-state index in [4.69, 9.17) is 10.2 Å². The summed E-state index contributed by atoms with van der Waals surface area (Å²) in [5.74, 6) is -0.0266. The van der Waals surface area contributed by atoms with Crippen LogP contribution in [0.1, 0.15) is 26.2 Å². The third-order valence-electron chi connectivity index (χ3n) is 2.18. The smallest absolute Gasteiger partial charge is 0.219 e. The molecule has 1 amide bonds. The summed E-state index contributed by atoms with van der Waals surface area (Å²) in [7, 11) is 0. The highest BCUT2D eigenvalue weighted by Gasteiger charge is 2.31. The van der Waals surface area contributed by atoms with Crippen LogP contribution in [0.2, 0.25) is 0 Å². The molecule has 0 aromatic heterocycles. The number of amides is 1. The van der Waals surface area contributed by atoms with Gasteiger partial charge in [-0.15, -0.1) is 0 Å². The van der Waals surface area contributed by atoms with Crippen LogP contribution in [0.15, 0.2) is 0 Å². The Kier molecular flexibility index (Phi) is 3.05. The van der Waals surface area contributed by atoms with Crippen LogP contribution in [0.5, 0.6) is 0 Å². The second-order valence-electron chi connectivity index (χ2n) is 3.22. The zero-order valence-corrected chi connectivity index (χ0v) is 7.16. The Morgan fingerprint density at radius 3 is 2.33 bits per heavy atom. The molecule has 0 aromatic rings. The van der Waals surface area contributed by atoms with Gasteiger partial charge in [-0.25, -0.2) is 0 Å². The van der Waals surface area contributed by atoms with Gasteiger partial charge in [0.1, 0.15) is 0 Å². The van der Waals surface area contributed by atoms with Crippen LogP contribution in [-0.2, 0) is 4.79 Å². The predicted octanol–water partition coefficient (Wildman–Crippen LogP) is -0.603. The third kappa shape index (κ3) is 2.19. The molecule has 1 fully saturated rings. The Balaban J connectivity index is 2.32. The van der Waals surface area contributed by atoms with E-state index >= 15 is 0 Å². The first-order valence-corrected chi connectivity index (χ1v) is 4.29. The molecule has 0 saturated heterocycles. The van der Waals surface area contributed by atoms with E-state index in [1.165, 1.54) is 0 Å². The second kappa shape index (κ2) is 3.87. The maximum absolute atomic E-state index is 10.9. The number of nitrogens with one attached hydrogen (secondary N) is 1. The summed E-state index contributed by atoms with van der Waals surface area (Å²) >= 11 is 0. The molecule has 2 unspecified atom stereocenters. The summed E-state index contributed by atoms with van der Waals surface area (Å²) in [4.78, 5) is 10.9. The quantitative estimate of drug-likeness (QED) is 0.522. The number of hydrogen-bond acceptors (Lipinski definition) is 3. The van der Waals surface area contributed by atoms with Gasteiger partial charge in [0.15, 0.2) is 0 Å². The zero-order valence-electron chi connectivity index (χ0n) is 7.16. The van der Waals surface area contributed by atoms with Crippen molar-refractivity contribution in [1.29, 1.82) is 0 Å². The molecule has 1 aliphatic rings. The normalized spacial score (nSPS) is 35.1. The lowest BCUT2D eigenvalue weighted by Crippen LogP contribution is -2.32. The SMILES string of the molecule is CCC(=O)NC1CC(O)C(O)C1. The predicted molar refractivity (Wildman–Crippen MR) is 43.5 cm³/mol. The number of aliphatic hydroxyl groups is 2. The molecule has 0 radical (unpaired) electrons. The van der Waals surface area contributed by atoms with Crippen LogP contribution in [0.25, 0.3) is 0 Å². The molecule has 0 aromatic carbocycles. The second-order valence-corrected chi connectivity index (χ2v) is 3.22. The molecule has 0 aliphatic heterocycles. The number of hydrogen-bond donors (Lipinski definition) is 3. The fourth-order valence-corrected chi connectivity index (χ4v) is 1.44. The van der Waals surface area contributed by atoms with E-state index < -0.39 is 12.2 Å². The molecule has 1 aliphatic carbocycles. The fourth-order valence-electron chi connectivity index (χ4n) is 1.44. The van der Waals surface area contributed by atoms with E-state index in [0.717, 1.165) is 0 Å². The first-order chi connectivity index (χ1) is 5.63. The van der Waals surface area contributed by atoms with E-state index in [1.54, 1.807) is 6.92 Å². The topological polar surface area (TPSA) is 69.6 Å². The highest BCUT2D eigenvalue weighted by molar-refractivity contribution is 5.75. The van der Waals surface area contributed by atoms with Gasteiger partial charge in [0.2, 0.25) is 5.91 Å². The van der Waals surface area contributed by atoms with E-state index in [2.05, 4.69) is 5.32 Å². The van der Waals surface area contributed by atoms with Gasteiger partial charge in [-0.1, -0.05) is 6.92 Å². The maximum atomic E-state index is 10.9. The van der Waals surface area contributed by atoms with Crippen molar-refractivity contribution in [2.75, 3.05) is 0 Å². The molecule has 0 bridgehead atoms. The standard InChI is InChI=1S/C8H15NO3/c1-2-8(12)9-5-3-6(10)7(11)4-5/h5-7,10-11H,2-4H2,1H3,(H,9,12).